The lowest BCUT2D eigenvalue weighted by molar-refractivity contribution is -0.137. The Bertz CT molecular complexity index is 1480. The number of benzene rings is 2. The molecule has 2 aliphatic heterocycles. The Kier molecular flexibility index (Phi) is 6.99. The smallest absolute Gasteiger partial charge is 0.416 e. The van der Waals surface area contributed by atoms with Gasteiger partial charge in [0.15, 0.2) is 5.82 Å². The molecule has 0 saturated carbocycles. The fourth-order valence-electron chi connectivity index (χ4n) is 4.74. The summed E-state index contributed by atoms with van der Waals surface area (Å²) in [5, 5.41) is 3.53. The Morgan fingerprint density at radius 2 is 1.97 bits per heavy atom. The molecule has 2 fully saturated rings. The van der Waals surface area contributed by atoms with Crippen molar-refractivity contribution in [3.63, 3.8) is 0 Å². The average Bonchev–Trinajstić information content (AvgIpc) is 3.40. The molecule has 3 aromatic rings. The van der Waals surface area contributed by atoms with Crippen molar-refractivity contribution in [2.45, 2.75) is 24.7 Å². The van der Waals surface area contributed by atoms with Crippen molar-refractivity contribution >= 4 is 27.6 Å². The summed E-state index contributed by atoms with van der Waals surface area (Å²) in [5.41, 5.74) is -1.03. The monoisotopic (exact) mass is 570 g/mol. The lowest BCUT2D eigenvalue weighted by Crippen LogP contribution is -2.62. The standard InChI is InChI=1S/C24H22F4N4O6S/c1-36-20-10-16(14-3-2-4-15(9-14)24(26,27)28)17(25)11-19(20)32-18-5-7-31(12-21(18)37-13-23(32)33)39(34,35)30-22-6-8-38-29-22/h2-4,6,8-11,18,21H,5,7,12-13H2,1H3,(H,29,30)/t18-,21?/m0/s1. The van der Waals surface area contributed by atoms with Crippen molar-refractivity contribution in [2.75, 3.05) is 36.4 Å². The number of carbonyl (C=O) groups is 1. The van der Waals surface area contributed by atoms with Crippen LogP contribution in [0.3, 0.4) is 0 Å². The molecular formula is C24H22F4N4O6S. The number of alkyl halides is 3. The van der Waals surface area contributed by atoms with Crippen LogP contribution in [-0.4, -0.2) is 62.7 Å². The van der Waals surface area contributed by atoms with Crippen LogP contribution < -0.4 is 14.4 Å². The summed E-state index contributed by atoms with van der Waals surface area (Å²) in [6.07, 6.45) is -4.00. The van der Waals surface area contributed by atoms with Gasteiger partial charge in [0.05, 0.1) is 30.5 Å². The maximum atomic E-state index is 15.4. The van der Waals surface area contributed by atoms with Crippen molar-refractivity contribution in [2.24, 2.45) is 0 Å². The van der Waals surface area contributed by atoms with Gasteiger partial charge >= 0.3 is 16.4 Å². The normalized spacial score (nSPS) is 20.5. The number of hydrogen-bond acceptors (Lipinski definition) is 7. The van der Waals surface area contributed by atoms with E-state index in [1.54, 1.807) is 0 Å². The predicted molar refractivity (Wildman–Crippen MR) is 130 cm³/mol. The van der Waals surface area contributed by atoms with E-state index in [-0.39, 0.29) is 47.9 Å². The number of nitrogens with zero attached hydrogens (tertiary/aromatic N) is 3. The van der Waals surface area contributed by atoms with Gasteiger partial charge < -0.3 is 18.9 Å². The minimum atomic E-state index is -4.61. The number of morpholine rings is 1. The van der Waals surface area contributed by atoms with Gasteiger partial charge in [0.25, 0.3) is 5.91 Å². The number of piperidine rings is 1. The predicted octanol–water partition coefficient (Wildman–Crippen LogP) is 3.67. The number of hydrogen-bond donors (Lipinski definition) is 1. The van der Waals surface area contributed by atoms with Crippen molar-refractivity contribution in [1.29, 1.82) is 0 Å². The van der Waals surface area contributed by atoms with Gasteiger partial charge in [0.1, 0.15) is 24.4 Å². The van der Waals surface area contributed by atoms with Gasteiger partial charge in [-0.2, -0.15) is 25.9 Å². The van der Waals surface area contributed by atoms with Crippen LogP contribution in [0.2, 0.25) is 0 Å². The number of ether oxygens (including phenoxy) is 2. The SMILES string of the molecule is COc1cc(-c2cccc(C(F)(F)F)c2)c(F)cc1N1C(=O)COC2CN(S(=O)(=O)Nc3ccon3)CC[C@@H]21. The minimum Gasteiger partial charge on any atom is -0.495 e. The highest BCUT2D eigenvalue weighted by Crippen LogP contribution is 2.41. The van der Waals surface area contributed by atoms with Crippen molar-refractivity contribution < 1.29 is 44.8 Å². The van der Waals surface area contributed by atoms with Gasteiger partial charge in [-0.1, -0.05) is 17.3 Å². The molecule has 0 spiro atoms. The van der Waals surface area contributed by atoms with Crippen molar-refractivity contribution in [1.82, 2.24) is 9.46 Å². The van der Waals surface area contributed by atoms with Gasteiger partial charge in [-0.15, -0.1) is 0 Å². The minimum absolute atomic E-state index is 0.000405. The molecule has 3 heterocycles. The summed E-state index contributed by atoms with van der Waals surface area (Å²) in [5.74, 6) is -1.31. The quantitative estimate of drug-likeness (QED) is 0.450. The highest BCUT2D eigenvalue weighted by molar-refractivity contribution is 7.90. The fraction of sp³-hybridized carbons (Fsp3) is 0.333. The van der Waals surface area contributed by atoms with Gasteiger partial charge in [-0.3, -0.25) is 9.52 Å². The molecule has 1 amide bonds. The number of anilines is 2. The Morgan fingerprint density at radius 1 is 1.18 bits per heavy atom. The third kappa shape index (κ3) is 5.29. The fourth-order valence-corrected chi connectivity index (χ4v) is 5.93. The third-order valence-corrected chi connectivity index (χ3v) is 8.03. The summed E-state index contributed by atoms with van der Waals surface area (Å²) in [7, 11) is -2.72. The lowest BCUT2D eigenvalue weighted by Gasteiger charge is -2.46. The van der Waals surface area contributed by atoms with Crippen LogP contribution >= 0.6 is 0 Å². The van der Waals surface area contributed by atoms with Crippen molar-refractivity contribution in [3.8, 4) is 16.9 Å². The Labute approximate surface area is 220 Å². The number of halogens is 4. The summed E-state index contributed by atoms with van der Waals surface area (Å²) >= 11 is 0. The first-order valence-electron chi connectivity index (χ1n) is 11.6. The number of amides is 1. The zero-order valence-corrected chi connectivity index (χ0v) is 21.1. The zero-order chi connectivity index (χ0) is 27.9. The average molecular weight is 571 g/mol. The highest BCUT2D eigenvalue weighted by Gasteiger charge is 2.45. The number of fused-ring (bicyclic) bond motifs is 1. The molecule has 0 radical (unpaired) electrons. The molecule has 1 N–H and O–H groups in total. The second-order valence-electron chi connectivity index (χ2n) is 8.90. The second-order valence-corrected chi connectivity index (χ2v) is 10.6. The molecule has 0 aliphatic carbocycles. The van der Waals surface area contributed by atoms with Gasteiger partial charge in [0.2, 0.25) is 0 Å². The van der Waals surface area contributed by atoms with E-state index in [0.29, 0.717) is 0 Å². The molecule has 39 heavy (non-hydrogen) atoms. The largest absolute Gasteiger partial charge is 0.495 e. The Morgan fingerprint density at radius 3 is 2.67 bits per heavy atom. The molecule has 2 atom stereocenters. The first kappa shape index (κ1) is 26.9. The molecule has 2 aliphatic rings. The Hall–Kier alpha value is -3.69. The molecule has 0 bridgehead atoms. The molecule has 2 aromatic carbocycles. The van der Waals surface area contributed by atoms with Crippen LogP contribution in [-0.2, 0) is 25.9 Å². The topological polar surface area (TPSA) is 114 Å². The lowest BCUT2D eigenvalue weighted by atomic mass is 9.97. The second kappa shape index (κ2) is 10.1. The maximum Gasteiger partial charge on any atom is 0.416 e. The first-order valence-corrected chi connectivity index (χ1v) is 13.1. The zero-order valence-electron chi connectivity index (χ0n) is 20.3. The molecule has 15 heteroatoms. The molecule has 10 nitrogen and oxygen atoms in total. The van der Waals surface area contributed by atoms with E-state index in [1.165, 1.54) is 42.5 Å². The maximum absolute atomic E-state index is 15.4. The number of methoxy groups -OCH3 is 1. The molecule has 1 aromatic heterocycles. The van der Waals surface area contributed by atoms with Crippen LogP contribution in [0.5, 0.6) is 5.75 Å². The molecule has 2 saturated heterocycles. The van der Waals surface area contributed by atoms with Gasteiger partial charge in [-0.25, -0.2) is 4.39 Å². The number of carbonyl (C=O) groups excluding carboxylic acids is 1. The van der Waals surface area contributed by atoms with E-state index < -0.39 is 52.4 Å². The summed E-state index contributed by atoms with van der Waals surface area (Å²) in [6.45, 7) is -0.491. The molecular weight excluding hydrogens is 548 g/mol. The van der Waals surface area contributed by atoms with E-state index >= 15 is 4.39 Å². The summed E-state index contributed by atoms with van der Waals surface area (Å²) in [4.78, 5) is 14.3. The number of rotatable bonds is 6. The van der Waals surface area contributed by atoms with E-state index in [4.69, 9.17) is 9.47 Å². The summed E-state index contributed by atoms with van der Waals surface area (Å²) < 4.78 is 99.7. The van der Waals surface area contributed by atoms with Gasteiger partial charge in [-0.05, 0) is 30.2 Å². The number of nitrogens with one attached hydrogen (secondary N) is 1. The van der Waals surface area contributed by atoms with Crippen LogP contribution in [0.15, 0.2) is 53.3 Å². The summed E-state index contributed by atoms with van der Waals surface area (Å²) in [6, 6.07) is 7.18. The van der Waals surface area contributed by atoms with Gasteiger partial charge in [0, 0.05) is 30.8 Å². The van der Waals surface area contributed by atoms with Crippen LogP contribution in [0.1, 0.15) is 12.0 Å². The van der Waals surface area contributed by atoms with E-state index in [0.717, 1.165) is 22.5 Å². The van der Waals surface area contributed by atoms with Crippen molar-refractivity contribution in [3.05, 3.63) is 60.1 Å². The third-order valence-electron chi connectivity index (χ3n) is 6.55. The van der Waals surface area contributed by atoms with E-state index in [1.807, 2.05) is 0 Å². The van der Waals surface area contributed by atoms with Crippen LogP contribution in [0.25, 0.3) is 11.1 Å². The highest BCUT2D eigenvalue weighted by atomic mass is 32.2. The number of aromatic nitrogens is 1. The molecule has 1 unspecified atom stereocenters. The van der Waals surface area contributed by atoms with E-state index in [2.05, 4.69) is 14.4 Å². The first-order chi connectivity index (χ1) is 18.5. The van der Waals surface area contributed by atoms with Crippen LogP contribution in [0.4, 0.5) is 29.1 Å². The molecule has 208 valence electrons. The molecule has 5 rings (SSSR count). The van der Waals surface area contributed by atoms with E-state index in [9.17, 15) is 26.4 Å². The van der Waals surface area contributed by atoms with Crippen LogP contribution in [0, 0.1) is 5.82 Å². The Balaban J connectivity index is 1.44.